The van der Waals surface area contributed by atoms with Gasteiger partial charge < -0.3 is 9.52 Å². The van der Waals surface area contributed by atoms with Crippen LogP contribution in [-0.2, 0) is 0 Å². The molecule has 6 nitrogen and oxygen atoms in total. The van der Waals surface area contributed by atoms with E-state index in [0.29, 0.717) is 18.2 Å². The van der Waals surface area contributed by atoms with Gasteiger partial charge in [0.25, 0.3) is 11.6 Å². The van der Waals surface area contributed by atoms with Crippen LogP contribution in [0.3, 0.4) is 0 Å². The van der Waals surface area contributed by atoms with Crippen molar-refractivity contribution in [3.8, 4) is 5.95 Å². The minimum absolute atomic E-state index is 0.00958. The predicted molar refractivity (Wildman–Crippen MR) is 68.4 cm³/mol. The number of carbonyl (C=O) groups excluding carboxylic acids is 1. The van der Waals surface area contributed by atoms with E-state index in [9.17, 15) is 20.0 Å². The Morgan fingerprint density at radius 2 is 2.16 bits per heavy atom. The number of hydrogen-bond donors (Lipinski definition) is 1. The lowest BCUT2D eigenvalue weighted by atomic mass is 10.1. The summed E-state index contributed by atoms with van der Waals surface area (Å²) in [6.45, 7) is 1.95. The van der Waals surface area contributed by atoms with Crippen molar-refractivity contribution in [2.45, 2.75) is 26.2 Å². The summed E-state index contributed by atoms with van der Waals surface area (Å²) in [4.78, 5) is 22.1. The number of hydrogen-bond acceptors (Lipinski definition) is 5. The lowest BCUT2D eigenvalue weighted by Crippen LogP contribution is -1.97. The van der Waals surface area contributed by atoms with Crippen molar-refractivity contribution in [1.29, 1.82) is 0 Å². The lowest BCUT2D eigenvalue weighted by Gasteiger charge is -1.96. The smallest absolute Gasteiger partial charge is 0.290 e. The van der Waals surface area contributed by atoms with Gasteiger partial charge in [-0.25, -0.2) is 0 Å². The SMILES string of the molecule is CCCCC(=O)c1oc(O)c2ccc([N+](=O)[O-])cc12. The van der Waals surface area contributed by atoms with Crippen LogP contribution < -0.4 is 0 Å². The third-order valence-corrected chi connectivity index (χ3v) is 2.90. The molecule has 0 fully saturated rings. The molecular weight excluding hydrogens is 250 g/mol. The Labute approximate surface area is 108 Å². The number of furan rings is 1. The van der Waals surface area contributed by atoms with Crippen LogP contribution in [0.2, 0.25) is 0 Å². The Morgan fingerprint density at radius 1 is 1.42 bits per heavy atom. The highest BCUT2D eigenvalue weighted by Crippen LogP contribution is 2.34. The van der Waals surface area contributed by atoms with E-state index in [1.807, 2.05) is 6.92 Å². The second-order valence-electron chi connectivity index (χ2n) is 4.25. The number of Topliss-reactive ketones (excluding diaryl/α,β-unsaturated/α-hetero) is 1. The van der Waals surface area contributed by atoms with E-state index in [0.717, 1.165) is 6.42 Å². The summed E-state index contributed by atoms with van der Waals surface area (Å²) < 4.78 is 5.04. The Balaban J connectivity index is 2.51. The van der Waals surface area contributed by atoms with Crippen LogP contribution >= 0.6 is 0 Å². The van der Waals surface area contributed by atoms with Gasteiger partial charge in [-0.15, -0.1) is 0 Å². The van der Waals surface area contributed by atoms with Crippen molar-refractivity contribution in [2.24, 2.45) is 0 Å². The van der Waals surface area contributed by atoms with Crippen molar-refractivity contribution >= 4 is 22.2 Å². The number of nitro benzene ring substituents is 1. The van der Waals surface area contributed by atoms with Crippen molar-refractivity contribution in [2.75, 3.05) is 0 Å². The predicted octanol–water partition coefficient (Wildman–Crippen LogP) is 3.42. The number of carbonyl (C=O) groups is 1. The van der Waals surface area contributed by atoms with Crippen LogP contribution in [0.5, 0.6) is 5.95 Å². The first-order valence-corrected chi connectivity index (χ1v) is 5.97. The molecule has 0 radical (unpaired) electrons. The Hall–Kier alpha value is -2.37. The van der Waals surface area contributed by atoms with E-state index in [-0.39, 0.29) is 28.6 Å². The summed E-state index contributed by atoms with van der Waals surface area (Å²) in [6.07, 6.45) is 1.86. The maximum Gasteiger partial charge on any atom is 0.290 e. The van der Waals surface area contributed by atoms with Gasteiger partial charge in [-0.3, -0.25) is 14.9 Å². The molecule has 19 heavy (non-hydrogen) atoms. The molecule has 1 N–H and O–H groups in total. The Bertz CT molecular complexity index is 644. The molecular formula is C13H13NO5. The number of nitro groups is 1. The summed E-state index contributed by atoms with van der Waals surface area (Å²) in [7, 11) is 0. The number of nitrogens with zero attached hydrogens (tertiary/aromatic N) is 1. The minimum atomic E-state index is -0.552. The van der Waals surface area contributed by atoms with E-state index < -0.39 is 4.92 Å². The quantitative estimate of drug-likeness (QED) is 0.506. The van der Waals surface area contributed by atoms with Crippen molar-refractivity contribution in [1.82, 2.24) is 0 Å². The average molecular weight is 263 g/mol. The molecule has 0 atom stereocenters. The number of non-ortho nitro benzene ring substituents is 1. The topological polar surface area (TPSA) is 93.6 Å². The number of fused-ring (bicyclic) bond motifs is 1. The summed E-state index contributed by atoms with van der Waals surface area (Å²) in [5.41, 5.74) is -0.141. The first-order valence-electron chi connectivity index (χ1n) is 5.97. The Kier molecular flexibility index (Phi) is 3.50. The molecule has 0 saturated heterocycles. The van der Waals surface area contributed by atoms with Gasteiger partial charge in [-0.2, -0.15) is 0 Å². The zero-order valence-corrected chi connectivity index (χ0v) is 10.4. The zero-order chi connectivity index (χ0) is 14.0. The van der Waals surface area contributed by atoms with E-state index in [4.69, 9.17) is 4.42 Å². The van der Waals surface area contributed by atoms with Crippen LogP contribution in [0.4, 0.5) is 5.69 Å². The molecule has 1 aromatic carbocycles. The van der Waals surface area contributed by atoms with Gasteiger partial charge in [-0.05, 0) is 12.5 Å². The largest absolute Gasteiger partial charge is 0.480 e. The van der Waals surface area contributed by atoms with Crippen molar-refractivity contribution < 1.29 is 19.2 Å². The van der Waals surface area contributed by atoms with Gasteiger partial charge in [-0.1, -0.05) is 13.3 Å². The van der Waals surface area contributed by atoms with Crippen molar-refractivity contribution in [3.05, 3.63) is 34.1 Å². The van der Waals surface area contributed by atoms with Gasteiger partial charge in [0.1, 0.15) is 0 Å². The fraction of sp³-hybridized carbons (Fsp3) is 0.308. The summed E-state index contributed by atoms with van der Waals surface area (Å²) in [5.74, 6) is -0.651. The highest BCUT2D eigenvalue weighted by Gasteiger charge is 2.21. The standard InChI is InChI=1S/C13H13NO5/c1-2-3-4-11(15)12-10-7-8(14(17)18)5-6-9(10)13(16)19-12/h5-7,16H,2-4H2,1H3. The molecule has 2 aromatic rings. The van der Waals surface area contributed by atoms with Crippen LogP contribution in [0.15, 0.2) is 22.6 Å². The molecule has 0 amide bonds. The van der Waals surface area contributed by atoms with E-state index in [2.05, 4.69) is 0 Å². The highest BCUT2D eigenvalue weighted by molar-refractivity contribution is 6.08. The molecule has 1 aromatic heterocycles. The van der Waals surface area contributed by atoms with Crippen molar-refractivity contribution in [3.63, 3.8) is 0 Å². The highest BCUT2D eigenvalue weighted by atomic mass is 16.6. The summed E-state index contributed by atoms with van der Waals surface area (Å²) in [5, 5.41) is 20.9. The monoisotopic (exact) mass is 263 g/mol. The number of aromatic hydroxyl groups is 1. The van der Waals surface area contributed by atoms with E-state index in [1.54, 1.807) is 0 Å². The summed E-state index contributed by atoms with van der Waals surface area (Å²) >= 11 is 0. The molecule has 100 valence electrons. The van der Waals surface area contributed by atoms with E-state index >= 15 is 0 Å². The third-order valence-electron chi connectivity index (χ3n) is 2.90. The molecule has 0 aliphatic rings. The number of benzene rings is 1. The molecule has 0 aliphatic carbocycles. The third kappa shape index (κ3) is 2.42. The number of rotatable bonds is 5. The van der Waals surface area contributed by atoms with Gasteiger partial charge in [0.15, 0.2) is 11.5 Å². The van der Waals surface area contributed by atoms with Gasteiger partial charge >= 0.3 is 0 Å². The molecule has 6 heteroatoms. The lowest BCUT2D eigenvalue weighted by molar-refractivity contribution is -0.384. The zero-order valence-electron chi connectivity index (χ0n) is 10.4. The number of unbranched alkanes of at least 4 members (excludes halogenated alkanes) is 1. The van der Waals surface area contributed by atoms with Gasteiger partial charge in [0.2, 0.25) is 0 Å². The van der Waals surface area contributed by atoms with Crippen LogP contribution in [0.25, 0.3) is 10.8 Å². The fourth-order valence-electron chi connectivity index (χ4n) is 1.88. The van der Waals surface area contributed by atoms with Crippen LogP contribution in [0, 0.1) is 10.1 Å². The molecule has 0 spiro atoms. The maximum atomic E-state index is 11.9. The minimum Gasteiger partial charge on any atom is -0.480 e. The molecule has 0 unspecified atom stereocenters. The average Bonchev–Trinajstić information content (AvgIpc) is 2.73. The van der Waals surface area contributed by atoms with Crippen LogP contribution in [-0.4, -0.2) is 15.8 Å². The molecule has 0 aliphatic heterocycles. The maximum absolute atomic E-state index is 11.9. The first kappa shape index (κ1) is 13.1. The molecule has 0 saturated carbocycles. The fourth-order valence-corrected chi connectivity index (χ4v) is 1.88. The number of ketones is 1. The normalized spacial score (nSPS) is 10.8. The van der Waals surface area contributed by atoms with Crippen LogP contribution in [0.1, 0.15) is 36.7 Å². The molecule has 1 heterocycles. The second kappa shape index (κ2) is 5.09. The van der Waals surface area contributed by atoms with E-state index in [1.165, 1.54) is 18.2 Å². The molecule has 2 rings (SSSR count). The van der Waals surface area contributed by atoms with Gasteiger partial charge in [0.05, 0.1) is 10.3 Å². The first-order chi connectivity index (χ1) is 9.04. The second-order valence-corrected chi connectivity index (χ2v) is 4.25. The van der Waals surface area contributed by atoms with Gasteiger partial charge in [0, 0.05) is 23.9 Å². The summed E-state index contributed by atoms with van der Waals surface area (Å²) in [6, 6.07) is 3.89. The Morgan fingerprint density at radius 3 is 2.79 bits per heavy atom. The molecule has 0 bridgehead atoms.